The molecule has 0 saturated carbocycles. The van der Waals surface area contributed by atoms with Crippen LogP contribution in [-0.2, 0) is 19.1 Å². The molecule has 2 N–H and O–H groups in total. The molecule has 9 nitrogen and oxygen atoms in total. The smallest absolute Gasteiger partial charge is 0.350 e. The fraction of sp³-hybridized carbons (Fsp3) is 0.333. The minimum atomic E-state index is -1.31. The highest BCUT2D eigenvalue weighted by Gasteiger charge is 2.39. The highest BCUT2D eigenvalue weighted by atomic mass is 16.7. The van der Waals surface area contributed by atoms with E-state index >= 15 is 0 Å². The summed E-state index contributed by atoms with van der Waals surface area (Å²) in [5.41, 5.74) is 2.58. The predicted molar refractivity (Wildman–Crippen MR) is 136 cm³/mol. The average molecular weight is 489 g/mol. The topological polar surface area (TPSA) is 114 Å². The second-order valence-corrected chi connectivity index (χ2v) is 9.46. The van der Waals surface area contributed by atoms with Gasteiger partial charge in [-0.3, -0.25) is 4.79 Å². The Morgan fingerprint density at radius 1 is 0.944 bits per heavy atom. The molecule has 2 saturated heterocycles. The van der Waals surface area contributed by atoms with Crippen molar-refractivity contribution in [3.63, 3.8) is 0 Å². The number of cyclic esters (lactones) is 2. The highest BCUT2D eigenvalue weighted by Crippen LogP contribution is 2.34. The molecule has 0 atom stereocenters. The Morgan fingerprint density at radius 3 is 2.31 bits per heavy atom. The summed E-state index contributed by atoms with van der Waals surface area (Å²) >= 11 is 0. The summed E-state index contributed by atoms with van der Waals surface area (Å²) in [4.78, 5) is 39.5. The molecule has 186 valence electrons. The van der Waals surface area contributed by atoms with Gasteiger partial charge in [-0.2, -0.15) is 5.10 Å². The number of nitrogens with zero attached hydrogens (tertiary/aromatic N) is 2. The van der Waals surface area contributed by atoms with Gasteiger partial charge in [0.1, 0.15) is 0 Å². The third-order valence-electron chi connectivity index (χ3n) is 6.40. The minimum absolute atomic E-state index is 0.214. The van der Waals surface area contributed by atoms with Gasteiger partial charge in [-0.1, -0.05) is 37.1 Å². The molecule has 2 fully saturated rings. The molecule has 0 radical (unpaired) electrons. The molecule has 0 bridgehead atoms. The molecule has 0 aliphatic carbocycles. The summed E-state index contributed by atoms with van der Waals surface area (Å²) < 4.78 is 10.4. The van der Waals surface area contributed by atoms with Gasteiger partial charge in [0.25, 0.3) is 11.3 Å². The maximum absolute atomic E-state index is 12.5. The summed E-state index contributed by atoms with van der Waals surface area (Å²) in [5, 5.41) is 11.3. The number of carbonyl (C=O) groups is 2. The molecular weight excluding hydrogens is 460 g/mol. The Hall–Kier alpha value is -4.14. The molecule has 2 aromatic carbocycles. The van der Waals surface area contributed by atoms with E-state index in [-0.39, 0.29) is 11.1 Å². The number of hydrogen-bond donors (Lipinski definition) is 2. The number of H-pyrrole nitrogens is 1. The van der Waals surface area contributed by atoms with Gasteiger partial charge in [-0.25, -0.2) is 14.7 Å². The number of benzene rings is 2. The molecule has 0 spiro atoms. The monoisotopic (exact) mass is 488 g/mol. The lowest BCUT2D eigenvalue weighted by Crippen LogP contribution is -2.42. The lowest BCUT2D eigenvalue weighted by Gasteiger charge is -2.30. The molecule has 1 aromatic heterocycles. The fourth-order valence-electron chi connectivity index (χ4n) is 4.65. The summed E-state index contributed by atoms with van der Waals surface area (Å²) in [6.45, 7) is 4.83. The van der Waals surface area contributed by atoms with Crippen LogP contribution in [0.5, 0.6) is 0 Å². The van der Waals surface area contributed by atoms with E-state index in [9.17, 15) is 14.4 Å². The quantitative estimate of drug-likeness (QED) is 0.321. The number of nitrogens with one attached hydrogen (secondary N) is 2. The number of hydrogen-bond acceptors (Lipinski definition) is 8. The zero-order chi connectivity index (χ0) is 25.3. The lowest BCUT2D eigenvalue weighted by atomic mass is 10.0. The van der Waals surface area contributed by atoms with Crippen LogP contribution in [0.4, 0.5) is 11.4 Å². The first-order valence-electron chi connectivity index (χ1n) is 12.1. The maximum Gasteiger partial charge on any atom is 0.350 e. The van der Waals surface area contributed by atoms with E-state index in [0.29, 0.717) is 16.8 Å². The second kappa shape index (κ2) is 9.49. The Balaban J connectivity index is 1.57. The Morgan fingerprint density at radius 2 is 1.61 bits per heavy atom. The van der Waals surface area contributed by atoms with E-state index in [1.807, 2.05) is 36.4 Å². The predicted octanol–water partition coefficient (Wildman–Crippen LogP) is 4.10. The fourth-order valence-corrected chi connectivity index (χ4v) is 4.65. The first-order chi connectivity index (χ1) is 17.3. The first-order valence-corrected chi connectivity index (χ1v) is 12.1. The minimum Gasteiger partial charge on any atom is -0.419 e. The molecule has 9 heteroatoms. The number of aromatic nitrogens is 2. The van der Waals surface area contributed by atoms with Crippen molar-refractivity contribution in [2.24, 2.45) is 0 Å². The number of esters is 2. The molecule has 3 heterocycles. The standard InChI is InChI=1S/C27H28N4O5/c1-27(2)35-25(33)20(26(34)36-27)16-28-21-15-17(11-12-22(21)31-13-7-3-4-8-14-31)23-18-9-5-6-10-19(18)24(32)30-29-23/h5-6,9-12,15-16,28H,3-4,7-8,13-14H2,1-2H3,(H,30,32). The van der Waals surface area contributed by atoms with E-state index in [1.165, 1.54) is 32.9 Å². The largest absolute Gasteiger partial charge is 0.419 e. The van der Waals surface area contributed by atoms with Crippen molar-refractivity contribution in [3.05, 3.63) is 64.6 Å². The van der Waals surface area contributed by atoms with E-state index in [4.69, 9.17) is 9.47 Å². The van der Waals surface area contributed by atoms with Crippen molar-refractivity contribution in [2.45, 2.75) is 45.3 Å². The molecular formula is C27H28N4O5. The van der Waals surface area contributed by atoms with Gasteiger partial charge in [-0.05, 0) is 31.0 Å². The third-order valence-corrected chi connectivity index (χ3v) is 6.40. The number of aromatic amines is 1. The van der Waals surface area contributed by atoms with Crippen molar-refractivity contribution in [1.29, 1.82) is 0 Å². The highest BCUT2D eigenvalue weighted by molar-refractivity contribution is 6.15. The Labute approximate surface area is 208 Å². The first kappa shape index (κ1) is 23.6. The van der Waals surface area contributed by atoms with Crippen LogP contribution in [0, 0.1) is 0 Å². The van der Waals surface area contributed by atoms with Crippen LogP contribution < -0.4 is 15.8 Å². The number of ether oxygens (including phenoxy) is 2. The summed E-state index contributed by atoms with van der Waals surface area (Å²) in [6.07, 6.45) is 5.87. The van der Waals surface area contributed by atoms with Crippen molar-refractivity contribution in [2.75, 3.05) is 23.3 Å². The van der Waals surface area contributed by atoms with Crippen molar-refractivity contribution < 1.29 is 19.1 Å². The van der Waals surface area contributed by atoms with Gasteiger partial charge < -0.3 is 19.7 Å². The zero-order valence-corrected chi connectivity index (χ0v) is 20.3. The summed E-state index contributed by atoms with van der Waals surface area (Å²) in [6, 6.07) is 13.2. The molecule has 2 aliphatic rings. The van der Waals surface area contributed by atoms with Gasteiger partial charge in [0.2, 0.25) is 0 Å². The van der Waals surface area contributed by atoms with Crippen LogP contribution in [0.15, 0.2) is 59.0 Å². The zero-order valence-electron chi connectivity index (χ0n) is 20.3. The van der Waals surface area contributed by atoms with Gasteiger partial charge in [-0.15, -0.1) is 0 Å². The van der Waals surface area contributed by atoms with Crippen molar-refractivity contribution in [1.82, 2.24) is 10.2 Å². The van der Waals surface area contributed by atoms with Crippen LogP contribution in [-0.4, -0.2) is 41.0 Å². The maximum atomic E-state index is 12.5. The number of anilines is 2. The molecule has 0 amide bonds. The van der Waals surface area contributed by atoms with E-state index in [1.54, 1.807) is 6.07 Å². The van der Waals surface area contributed by atoms with Crippen LogP contribution in [0.3, 0.4) is 0 Å². The van der Waals surface area contributed by atoms with Gasteiger partial charge >= 0.3 is 11.9 Å². The molecule has 2 aliphatic heterocycles. The summed E-state index contributed by atoms with van der Waals surface area (Å²) in [5.74, 6) is -2.80. The van der Waals surface area contributed by atoms with Crippen LogP contribution >= 0.6 is 0 Å². The van der Waals surface area contributed by atoms with Gasteiger partial charge in [0, 0.05) is 44.1 Å². The SMILES string of the molecule is CC1(C)OC(=O)C(=CNc2cc(-c3n[nH]c(=O)c4ccccc34)ccc2N2CCCCCC2)C(=O)O1. The van der Waals surface area contributed by atoms with Crippen molar-refractivity contribution >= 4 is 34.1 Å². The molecule has 5 rings (SSSR count). The van der Waals surface area contributed by atoms with E-state index < -0.39 is 17.7 Å². The van der Waals surface area contributed by atoms with E-state index in [0.717, 1.165) is 42.6 Å². The van der Waals surface area contributed by atoms with Gasteiger partial charge in [0.05, 0.1) is 22.5 Å². The normalized spacial score (nSPS) is 17.8. The Bertz CT molecular complexity index is 1400. The number of fused-ring (bicyclic) bond motifs is 1. The number of carbonyl (C=O) groups excluding carboxylic acids is 2. The molecule has 0 unspecified atom stereocenters. The number of rotatable bonds is 4. The van der Waals surface area contributed by atoms with Crippen LogP contribution in [0.1, 0.15) is 39.5 Å². The van der Waals surface area contributed by atoms with Crippen LogP contribution in [0.2, 0.25) is 0 Å². The average Bonchev–Trinajstić information content (AvgIpc) is 3.13. The Kier molecular flexibility index (Phi) is 6.22. The van der Waals surface area contributed by atoms with Gasteiger partial charge in [0.15, 0.2) is 5.57 Å². The molecule has 36 heavy (non-hydrogen) atoms. The van der Waals surface area contributed by atoms with Crippen molar-refractivity contribution in [3.8, 4) is 11.3 Å². The van der Waals surface area contributed by atoms with Crippen LogP contribution in [0.25, 0.3) is 22.0 Å². The lowest BCUT2D eigenvalue weighted by molar-refractivity contribution is -0.222. The second-order valence-electron chi connectivity index (χ2n) is 9.46. The summed E-state index contributed by atoms with van der Waals surface area (Å²) in [7, 11) is 0. The van der Waals surface area contributed by atoms with E-state index in [2.05, 4.69) is 20.4 Å². The third kappa shape index (κ3) is 4.68. The molecule has 3 aromatic rings.